The predicted octanol–water partition coefficient (Wildman–Crippen LogP) is 1.36. The Labute approximate surface area is 150 Å². The maximum Gasteiger partial charge on any atom is 0.329 e. The Morgan fingerprint density at radius 1 is 1.24 bits per heavy atom. The summed E-state index contributed by atoms with van der Waals surface area (Å²) in [5.74, 6) is 0.147. The Kier molecular flexibility index (Phi) is 9.23. The molecule has 0 aliphatic carbocycles. The molecule has 8 nitrogen and oxygen atoms in total. The molecule has 0 bridgehead atoms. The monoisotopic (exact) mass is 369 g/mol. The molecule has 1 aromatic rings. The van der Waals surface area contributed by atoms with Gasteiger partial charge in [0.05, 0.1) is 6.61 Å². The first-order valence-electron chi connectivity index (χ1n) is 7.70. The summed E-state index contributed by atoms with van der Waals surface area (Å²) in [6.45, 7) is 1.98. The number of ether oxygens (including phenoxy) is 2. The van der Waals surface area contributed by atoms with Gasteiger partial charge in [0, 0.05) is 5.69 Å². The number of hydrogen-bond acceptors (Lipinski definition) is 6. The van der Waals surface area contributed by atoms with Crippen molar-refractivity contribution in [2.45, 2.75) is 19.4 Å². The lowest BCUT2D eigenvalue weighted by molar-refractivity contribution is -0.149. The van der Waals surface area contributed by atoms with Crippen LogP contribution in [0.15, 0.2) is 24.3 Å². The number of amides is 3. The molecule has 138 valence electrons. The van der Waals surface area contributed by atoms with Crippen LogP contribution < -0.4 is 21.1 Å². The van der Waals surface area contributed by atoms with Crippen molar-refractivity contribution in [1.29, 1.82) is 0 Å². The molecule has 0 heterocycles. The van der Waals surface area contributed by atoms with Gasteiger partial charge in [0.25, 0.3) is 5.91 Å². The first-order valence-corrected chi connectivity index (χ1v) is 9.10. The Balaban J connectivity index is 2.47. The predicted molar refractivity (Wildman–Crippen MR) is 96.7 cm³/mol. The molecule has 1 atom stereocenters. The van der Waals surface area contributed by atoms with Crippen LogP contribution in [0.25, 0.3) is 0 Å². The highest BCUT2D eigenvalue weighted by molar-refractivity contribution is 7.98. The van der Waals surface area contributed by atoms with Crippen LogP contribution in [0.1, 0.15) is 13.3 Å². The Hall–Kier alpha value is -2.42. The third kappa shape index (κ3) is 8.30. The van der Waals surface area contributed by atoms with E-state index in [1.165, 1.54) is 11.8 Å². The molecule has 1 rings (SSSR count). The summed E-state index contributed by atoms with van der Waals surface area (Å²) >= 11 is 1.52. The second-order valence-electron chi connectivity index (χ2n) is 4.96. The van der Waals surface area contributed by atoms with E-state index in [-0.39, 0.29) is 0 Å². The van der Waals surface area contributed by atoms with Gasteiger partial charge in [0.15, 0.2) is 6.61 Å². The van der Waals surface area contributed by atoms with Crippen molar-refractivity contribution in [3.05, 3.63) is 24.3 Å². The van der Waals surface area contributed by atoms with E-state index in [1.54, 1.807) is 24.3 Å². The number of primary amides is 1. The quantitative estimate of drug-likeness (QED) is 0.536. The zero-order valence-electron chi connectivity index (χ0n) is 14.2. The number of nitrogens with one attached hydrogen (secondary N) is 2. The zero-order chi connectivity index (χ0) is 18.7. The van der Waals surface area contributed by atoms with Crippen molar-refractivity contribution in [2.24, 2.45) is 5.73 Å². The highest BCUT2D eigenvalue weighted by atomic mass is 32.2. The molecule has 0 saturated carbocycles. The number of anilines is 1. The molecule has 0 spiro atoms. The van der Waals surface area contributed by atoms with Crippen molar-refractivity contribution < 1.29 is 23.9 Å². The van der Waals surface area contributed by atoms with E-state index in [9.17, 15) is 14.4 Å². The van der Waals surface area contributed by atoms with Crippen LogP contribution in [0.4, 0.5) is 10.5 Å². The number of carbonyl (C=O) groups excluding carboxylic acids is 3. The molecule has 0 unspecified atom stereocenters. The standard InChI is InChI=1S/C16H23N3O5S/c1-3-23-12-6-4-11(5-7-12)18-14(20)10-24-15(21)13(8-9-25-2)19-16(17)22/h4-7,13H,3,8-10H2,1-2H3,(H,18,20)(H3,17,19,22)/t13-/m1/s1. The van der Waals surface area contributed by atoms with Crippen LogP contribution in [-0.4, -0.2) is 49.2 Å². The largest absolute Gasteiger partial charge is 0.494 e. The topological polar surface area (TPSA) is 120 Å². The molecule has 9 heteroatoms. The second kappa shape index (κ2) is 11.2. The smallest absolute Gasteiger partial charge is 0.329 e. The van der Waals surface area contributed by atoms with Gasteiger partial charge in [0.2, 0.25) is 0 Å². The molecule has 0 aliphatic rings. The Bertz CT molecular complexity index is 580. The number of rotatable bonds is 10. The third-order valence-corrected chi connectivity index (χ3v) is 3.65. The van der Waals surface area contributed by atoms with E-state index >= 15 is 0 Å². The van der Waals surface area contributed by atoms with Gasteiger partial charge >= 0.3 is 12.0 Å². The average molecular weight is 369 g/mol. The Morgan fingerprint density at radius 3 is 2.48 bits per heavy atom. The van der Waals surface area contributed by atoms with Crippen molar-refractivity contribution in [1.82, 2.24) is 5.32 Å². The molecule has 3 amide bonds. The van der Waals surface area contributed by atoms with E-state index in [0.29, 0.717) is 30.2 Å². The minimum Gasteiger partial charge on any atom is -0.494 e. The highest BCUT2D eigenvalue weighted by Crippen LogP contribution is 2.15. The Morgan fingerprint density at radius 2 is 1.92 bits per heavy atom. The van der Waals surface area contributed by atoms with Gasteiger partial charge in [0.1, 0.15) is 11.8 Å². The third-order valence-electron chi connectivity index (χ3n) is 3.01. The summed E-state index contributed by atoms with van der Waals surface area (Å²) in [4.78, 5) is 34.7. The lowest BCUT2D eigenvalue weighted by Gasteiger charge is -2.16. The summed E-state index contributed by atoms with van der Waals surface area (Å²) in [5.41, 5.74) is 5.59. The number of carbonyl (C=O) groups is 3. The van der Waals surface area contributed by atoms with Crippen molar-refractivity contribution in [3.63, 3.8) is 0 Å². The van der Waals surface area contributed by atoms with Crippen LogP contribution in [0.3, 0.4) is 0 Å². The number of urea groups is 1. The minimum absolute atomic E-state index is 0.365. The van der Waals surface area contributed by atoms with Gasteiger partial charge in [-0.2, -0.15) is 11.8 Å². The zero-order valence-corrected chi connectivity index (χ0v) is 15.1. The SMILES string of the molecule is CCOc1ccc(NC(=O)COC(=O)[C@@H](CCSC)NC(N)=O)cc1. The lowest BCUT2D eigenvalue weighted by atomic mass is 10.2. The van der Waals surface area contributed by atoms with Crippen LogP contribution in [0.5, 0.6) is 5.75 Å². The molecular weight excluding hydrogens is 346 g/mol. The van der Waals surface area contributed by atoms with Crippen molar-refractivity contribution in [2.75, 3.05) is 30.5 Å². The van der Waals surface area contributed by atoms with Gasteiger partial charge in [-0.15, -0.1) is 0 Å². The van der Waals surface area contributed by atoms with Crippen molar-refractivity contribution in [3.8, 4) is 5.75 Å². The molecule has 0 fully saturated rings. The fourth-order valence-electron chi connectivity index (χ4n) is 1.89. The minimum atomic E-state index is -0.872. The van der Waals surface area contributed by atoms with Gasteiger partial charge < -0.3 is 25.8 Å². The van der Waals surface area contributed by atoms with E-state index in [4.69, 9.17) is 15.2 Å². The van der Waals surface area contributed by atoms with E-state index in [0.717, 1.165) is 0 Å². The fourth-order valence-corrected chi connectivity index (χ4v) is 2.36. The molecule has 1 aromatic carbocycles. The maximum absolute atomic E-state index is 12.0. The fraction of sp³-hybridized carbons (Fsp3) is 0.438. The second-order valence-corrected chi connectivity index (χ2v) is 5.94. The van der Waals surface area contributed by atoms with Gasteiger partial charge in [-0.3, -0.25) is 4.79 Å². The molecule has 0 aliphatic heterocycles. The van der Waals surface area contributed by atoms with E-state index < -0.39 is 30.6 Å². The number of nitrogens with two attached hydrogens (primary N) is 1. The highest BCUT2D eigenvalue weighted by Gasteiger charge is 2.21. The number of benzene rings is 1. The maximum atomic E-state index is 12.0. The molecule has 0 radical (unpaired) electrons. The van der Waals surface area contributed by atoms with Gasteiger partial charge in [-0.1, -0.05) is 0 Å². The van der Waals surface area contributed by atoms with E-state index in [1.807, 2.05) is 13.2 Å². The molecule has 25 heavy (non-hydrogen) atoms. The summed E-state index contributed by atoms with van der Waals surface area (Å²) in [5, 5.41) is 4.91. The number of esters is 1. The molecular formula is C16H23N3O5S. The lowest BCUT2D eigenvalue weighted by Crippen LogP contribution is -2.45. The van der Waals surface area contributed by atoms with Crippen LogP contribution in [0.2, 0.25) is 0 Å². The van der Waals surface area contributed by atoms with Crippen molar-refractivity contribution >= 4 is 35.4 Å². The van der Waals surface area contributed by atoms with Gasteiger partial charge in [-0.25, -0.2) is 9.59 Å². The van der Waals surface area contributed by atoms with Crippen LogP contribution in [0, 0.1) is 0 Å². The first kappa shape index (κ1) is 20.6. The number of hydrogen-bond donors (Lipinski definition) is 3. The molecule has 0 aromatic heterocycles. The van der Waals surface area contributed by atoms with Crippen LogP contribution >= 0.6 is 11.8 Å². The van der Waals surface area contributed by atoms with Crippen LogP contribution in [-0.2, 0) is 14.3 Å². The van der Waals surface area contributed by atoms with E-state index in [2.05, 4.69) is 10.6 Å². The molecule has 4 N–H and O–H groups in total. The average Bonchev–Trinajstić information content (AvgIpc) is 2.58. The molecule has 0 saturated heterocycles. The first-order chi connectivity index (χ1) is 12.0. The summed E-state index contributed by atoms with van der Waals surface area (Å²) in [6, 6.07) is 5.12. The summed E-state index contributed by atoms with van der Waals surface area (Å²) < 4.78 is 10.2. The summed E-state index contributed by atoms with van der Waals surface area (Å²) in [7, 11) is 0. The number of thioether (sulfide) groups is 1. The summed E-state index contributed by atoms with van der Waals surface area (Å²) in [6.07, 6.45) is 2.24. The van der Waals surface area contributed by atoms with Gasteiger partial charge in [-0.05, 0) is 49.6 Å². The normalized spacial score (nSPS) is 11.3.